The summed E-state index contributed by atoms with van der Waals surface area (Å²) >= 11 is 1.48. The standard InChI is InChI=1S/C19H26N4O2S/c1-14(2)25-16-5-3-15(4-6-16)19-22-17(13-26-19)18(24)21-9-12-23-10-7-20-8-11-23/h3-6,13-14,20H,7-12H2,1-2H3,(H,21,24). The lowest BCUT2D eigenvalue weighted by Gasteiger charge is -2.26. The van der Waals surface area contributed by atoms with Crippen LogP contribution in [0.1, 0.15) is 24.3 Å². The molecule has 1 fully saturated rings. The third-order valence-corrected chi connectivity index (χ3v) is 5.02. The summed E-state index contributed by atoms with van der Waals surface area (Å²) in [6, 6.07) is 7.82. The zero-order valence-corrected chi connectivity index (χ0v) is 16.1. The molecule has 0 radical (unpaired) electrons. The predicted molar refractivity (Wildman–Crippen MR) is 105 cm³/mol. The number of benzene rings is 1. The number of ether oxygens (including phenoxy) is 1. The van der Waals surface area contributed by atoms with Gasteiger partial charge in [0.1, 0.15) is 16.5 Å². The average molecular weight is 375 g/mol. The Labute approximate surface area is 158 Å². The largest absolute Gasteiger partial charge is 0.491 e. The molecule has 2 N–H and O–H groups in total. The topological polar surface area (TPSA) is 66.5 Å². The first-order valence-corrected chi connectivity index (χ1v) is 9.93. The van der Waals surface area contributed by atoms with Gasteiger partial charge in [0.2, 0.25) is 0 Å². The molecular formula is C19H26N4O2S. The van der Waals surface area contributed by atoms with Gasteiger partial charge in [0.05, 0.1) is 6.10 Å². The Morgan fingerprint density at radius 3 is 2.73 bits per heavy atom. The summed E-state index contributed by atoms with van der Waals surface area (Å²) in [5.74, 6) is 0.730. The van der Waals surface area contributed by atoms with E-state index in [4.69, 9.17) is 4.74 Å². The van der Waals surface area contributed by atoms with Crippen LogP contribution in [0, 0.1) is 0 Å². The van der Waals surface area contributed by atoms with Crippen molar-refractivity contribution in [1.82, 2.24) is 20.5 Å². The van der Waals surface area contributed by atoms with E-state index in [2.05, 4.69) is 20.5 Å². The SMILES string of the molecule is CC(C)Oc1ccc(-c2nc(C(=O)NCCN3CCNCC3)cs2)cc1. The normalized spacial score (nSPS) is 15.2. The fraction of sp³-hybridized carbons (Fsp3) is 0.474. The highest BCUT2D eigenvalue weighted by atomic mass is 32.1. The number of hydrogen-bond donors (Lipinski definition) is 2. The van der Waals surface area contributed by atoms with E-state index in [1.54, 1.807) is 0 Å². The van der Waals surface area contributed by atoms with Crippen LogP contribution in [-0.2, 0) is 0 Å². The number of nitrogens with zero attached hydrogens (tertiary/aromatic N) is 2. The smallest absolute Gasteiger partial charge is 0.270 e. The van der Waals surface area contributed by atoms with E-state index in [1.165, 1.54) is 11.3 Å². The van der Waals surface area contributed by atoms with Crippen molar-refractivity contribution in [3.63, 3.8) is 0 Å². The number of amides is 1. The number of piperazine rings is 1. The molecule has 1 saturated heterocycles. The van der Waals surface area contributed by atoms with Gasteiger partial charge in [-0.2, -0.15) is 0 Å². The van der Waals surface area contributed by atoms with Gasteiger partial charge in [-0.15, -0.1) is 11.3 Å². The van der Waals surface area contributed by atoms with E-state index in [9.17, 15) is 4.79 Å². The maximum atomic E-state index is 12.3. The number of hydrogen-bond acceptors (Lipinski definition) is 6. The first-order valence-electron chi connectivity index (χ1n) is 9.06. The van der Waals surface area contributed by atoms with Crippen LogP contribution < -0.4 is 15.4 Å². The summed E-state index contributed by atoms with van der Waals surface area (Å²) in [5, 5.41) is 8.94. The van der Waals surface area contributed by atoms with E-state index >= 15 is 0 Å². The van der Waals surface area contributed by atoms with Crippen molar-refractivity contribution in [2.45, 2.75) is 20.0 Å². The molecule has 6 nitrogen and oxygen atoms in total. The van der Waals surface area contributed by atoms with Crippen molar-refractivity contribution in [3.05, 3.63) is 35.3 Å². The second kappa shape index (κ2) is 9.12. The molecular weight excluding hydrogens is 348 g/mol. The van der Waals surface area contributed by atoms with Gasteiger partial charge >= 0.3 is 0 Å². The number of carbonyl (C=O) groups excluding carboxylic acids is 1. The van der Waals surface area contributed by atoms with Crippen molar-refractivity contribution in [2.75, 3.05) is 39.3 Å². The Hall–Kier alpha value is -1.96. The first kappa shape index (κ1) is 18.8. The van der Waals surface area contributed by atoms with Crippen LogP contribution in [0.3, 0.4) is 0 Å². The molecule has 26 heavy (non-hydrogen) atoms. The Kier molecular flexibility index (Phi) is 6.60. The lowest BCUT2D eigenvalue weighted by molar-refractivity contribution is 0.0943. The lowest BCUT2D eigenvalue weighted by Crippen LogP contribution is -2.46. The number of nitrogens with one attached hydrogen (secondary N) is 2. The predicted octanol–water partition coefficient (Wildman–Crippen LogP) is 2.23. The van der Waals surface area contributed by atoms with E-state index in [0.29, 0.717) is 12.2 Å². The van der Waals surface area contributed by atoms with Crippen LogP contribution >= 0.6 is 11.3 Å². The van der Waals surface area contributed by atoms with E-state index < -0.39 is 0 Å². The highest BCUT2D eigenvalue weighted by molar-refractivity contribution is 7.13. The highest BCUT2D eigenvalue weighted by Crippen LogP contribution is 2.26. The van der Waals surface area contributed by atoms with E-state index in [1.807, 2.05) is 43.5 Å². The number of thiazole rings is 1. The van der Waals surface area contributed by atoms with Gasteiger partial charge in [-0.3, -0.25) is 9.69 Å². The van der Waals surface area contributed by atoms with Crippen LogP contribution in [0.5, 0.6) is 5.75 Å². The molecule has 0 bridgehead atoms. The molecule has 3 rings (SSSR count). The monoisotopic (exact) mass is 374 g/mol. The third kappa shape index (κ3) is 5.27. The van der Waals surface area contributed by atoms with Gasteiger partial charge in [-0.25, -0.2) is 4.98 Å². The summed E-state index contributed by atoms with van der Waals surface area (Å²) in [5.41, 5.74) is 1.47. The average Bonchev–Trinajstić information content (AvgIpc) is 3.13. The molecule has 0 spiro atoms. The molecule has 140 valence electrons. The van der Waals surface area contributed by atoms with Gasteiger partial charge < -0.3 is 15.4 Å². The Balaban J connectivity index is 1.52. The zero-order chi connectivity index (χ0) is 18.4. The van der Waals surface area contributed by atoms with Crippen LogP contribution in [0.2, 0.25) is 0 Å². The quantitative estimate of drug-likeness (QED) is 0.778. The number of carbonyl (C=O) groups is 1. The number of rotatable bonds is 7. The molecule has 1 aromatic carbocycles. The second-order valence-corrected chi connectivity index (χ2v) is 7.43. The van der Waals surface area contributed by atoms with Crippen molar-refractivity contribution >= 4 is 17.2 Å². The third-order valence-electron chi connectivity index (χ3n) is 4.13. The van der Waals surface area contributed by atoms with Crippen molar-refractivity contribution in [2.24, 2.45) is 0 Å². The Morgan fingerprint density at radius 1 is 1.31 bits per heavy atom. The maximum absolute atomic E-state index is 12.3. The summed E-state index contributed by atoms with van der Waals surface area (Å²) < 4.78 is 5.65. The van der Waals surface area contributed by atoms with E-state index in [0.717, 1.165) is 49.0 Å². The van der Waals surface area contributed by atoms with Crippen LogP contribution in [0.25, 0.3) is 10.6 Å². The summed E-state index contributed by atoms with van der Waals surface area (Å²) in [7, 11) is 0. The van der Waals surface area contributed by atoms with Crippen molar-refractivity contribution < 1.29 is 9.53 Å². The Bertz CT molecular complexity index is 709. The fourth-order valence-electron chi connectivity index (χ4n) is 2.81. The molecule has 0 atom stereocenters. The molecule has 7 heteroatoms. The molecule has 0 aliphatic carbocycles. The molecule has 2 aromatic rings. The zero-order valence-electron chi connectivity index (χ0n) is 15.3. The summed E-state index contributed by atoms with van der Waals surface area (Å²) in [4.78, 5) is 19.1. The minimum atomic E-state index is -0.109. The summed E-state index contributed by atoms with van der Waals surface area (Å²) in [6.45, 7) is 9.63. The van der Waals surface area contributed by atoms with Gasteiger partial charge in [0.15, 0.2) is 0 Å². The Morgan fingerprint density at radius 2 is 2.04 bits per heavy atom. The number of aromatic nitrogens is 1. The van der Waals surface area contributed by atoms with Crippen molar-refractivity contribution in [3.8, 4) is 16.3 Å². The summed E-state index contributed by atoms with van der Waals surface area (Å²) in [6.07, 6.45) is 0.150. The van der Waals surface area contributed by atoms with Crippen LogP contribution in [-0.4, -0.2) is 61.2 Å². The van der Waals surface area contributed by atoms with Gasteiger partial charge in [-0.05, 0) is 38.1 Å². The first-order chi connectivity index (χ1) is 12.6. The molecule has 0 saturated carbocycles. The molecule has 1 aromatic heterocycles. The second-order valence-electron chi connectivity index (χ2n) is 6.58. The molecule has 1 amide bonds. The lowest BCUT2D eigenvalue weighted by atomic mass is 10.2. The molecule has 2 heterocycles. The van der Waals surface area contributed by atoms with Crippen molar-refractivity contribution in [1.29, 1.82) is 0 Å². The van der Waals surface area contributed by atoms with Gasteiger partial charge in [0, 0.05) is 50.2 Å². The van der Waals surface area contributed by atoms with Gasteiger partial charge in [0.25, 0.3) is 5.91 Å². The highest BCUT2D eigenvalue weighted by Gasteiger charge is 2.13. The van der Waals surface area contributed by atoms with Gasteiger partial charge in [-0.1, -0.05) is 0 Å². The maximum Gasteiger partial charge on any atom is 0.270 e. The molecule has 0 unspecified atom stereocenters. The minimum Gasteiger partial charge on any atom is -0.491 e. The van der Waals surface area contributed by atoms with Crippen LogP contribution in [0.15, 0.2) is 29.6 Å². The van der Waals surface area contributed by atoms with E-state index in [-0.39, 0.29) is 12.0 Å². The molecule has 1 aliphatic rings. The fourth-order valence-corrected chi connectivity index (χ4v) is 3.62. The minimum absolute atomic E-state index is 0.109. The molecule has 1 aliphatic heterocycles. The van der Waals surface area contributed by atoms with Crippen LogP contribution in [0.4, 0.5) is 0 Å².